The first-order valence-corrected chi connectivity index (χ1v) is 10.1. The molecule has 29 heavy (non-hydrogen) atoms. The zero-order chi connectivity index (χ0) is 20.9. The molecule has 2 unspecified atom stereocenters. The Labute approximate surface area is 168 Å². The van der Waals surface area contributed by atoms with Crippen molar-refractivity contribution in [2.24, 2.45) is 5.92 Å². The van der Waals surface area contributed by atoms with Gasteiger partial charge in [-0.15, -0.1) is 0 Å². The van der Waals surface area contributed by atoms with Gasteiger partial charge in [0.15, 0.2) is 0 Å². The van der Waals surface area contributed by atoms with Crippen LogP contribution < -0.4 is 5.32 Å². The quantitative estimate of drug-likeness (QED) is 0.825. The van der Waals surface area contributed by atoms with E-state index in [0.29, 0.717) is 44.6 Å². The number of alkyl halides is 3. The Kier molecular flexibility index (Phi) is 7.10. The highest BCUT2D eigenvalue weighted by molar-refractivity contribution is 5.94. The lowest BCUT2D eigenvalue weighted by Gasteiger charge is -2.31. The van der Waals surface area contributed by atoms with Crippen LogP contribution in [0.5, 0.6) is 0 Å². The third kappa shape index (κ3) is 6.16. The number of aromatic nitrogens is 1. The number of hydrogen-bond acceptors (Lipinski definition) is 4. The minimum atomic E-state index is -4.20. The van der Waals surface area contributed by atoms with E-state index in [-0.39, 0.29) is 31.2 Å². The highest BCUT2D eigenvalue weighted by Crippen LogP contribution is 2.37. The van der Waals surface area contributed by atoms with Gasteiger partial charge in [-0.1, -0.05) is 6.42 Å². The van der Waals surface area contributed by atoms with Crippen LogP contribution in [-0.4, -0.2) is 71.5 Å². The monoisotopic (exact) mass is 412 g/mol. The molecule has 2 amide bonds. The second kappa shape index (κ2) is 9.56. The normalized spacial score (nSPS) is 24.0. The van der Waals surface area contributed by atoms with Crippen LogP contribution in [0.4, 0.5) is 13.2 Å². The number of carbonyl (C=O) groups is 2. The van der Waals surface area contributed by atoms with Gasteiger partial charge >= 0.3 is 6.18 Å². The Morgan fingerprint density at radius 1 is 1.07 bits per heavy atom. The van der Waals surface area contributed by atoms with E-state index in [1.54, 1.807) is 29.4 Å². The number of amides is 2. The van der Waals surface area contributed by atoms with Crippen molar-refractivity contribution >= 4 is 11.8 Å². The molecule has 0 radical (unpaired) electrons. The van der Waals surface area contributed by atoms with Crippen molar-refractivity contribution in [2.45, 2.75) is 44.3 Å². The summed E-state index contributed by atoms with van der Waals surface area (Å²) in [5.74, 6) is -1.63. The van der Waals surface area contributed by atoms with E-state index < -0.39 is 18.1 Å². The number of rotatable bonds is 4. The van der Waals surface area contributed by atoms with E-state index in [0.717, 1.165) is 6.42 Å². The van der Waals surface area contributed by atoms with Crippen LogP contribution in [-0.2, 0) is 4.79 Å². The molecule has 6 nitrogen and oxygen atoms in total. The van der Waals surface area contributed by atoms with Crippen LogP contribution in [0.1, 0.15) is 42.5 Å². The molecular formula is C20H27F3N4O2. The summed E-state index contributed by atoms with van der Waals surface area (Å²) < 4.78 is 38.8. The second-order valence-electron chi connectivity index (χ2n) is 7.83. The van der Waals surface area contributed by atoms with Crippen molar-refractivity contribution < 1.29 is 22.8 Å². The van der Waals surface area contributed by atoms with Gasteiger partial charge in [0.05, 0.1) is 12.5 Å². The zero-order valence-electron chi connectivity index (χ0n) is 16.3. The number of pyridine rings is 1. The molecule has 1 aromatic heterocycles. The van der Waals surface area contributed by atoms with E-state index in [2.05, 4.69) is 10.3 Å². The van der Waals surface area contributed by atoms with Gasteiger partial charge in [0, 0.05) is 50.2 Å². The molecule has 2 fully saturated rings. The van der Waals surface area contributed by atoms with Gasteiger partial charge in [0.25, 0.3) is 5.91 Å². The average molecular weight is 412 g/mol. The summed E-state index contributed by atoms with van der Waals surface area (Å²) in [7, 11) is 0. The molecule has 1 aromatic rings. The molecule has 1 N–H and O–H groups in total. The Morgan fingerprint density at radius 3 is 2.55 bits per heavy atom. The molecule has 160 valence electrons. The molecule has 0 aromatic carbocycles. The second-order valence-corrected chi connectivity index (χ2v) is 7.83. The molecule has 2 heterocycles. The number of hydrogen-bond donors (Lipinski definition) is 1. The van der Waals surface area contributed by atoms with E-state index in [4.69, 9.17) is 0 Å². The molecule has 0 bridgehead atoms. The van der Waals surface area contributed by atoms with Crippen molar-refractivity contribution in [3.05, 3.63) is 30.1 Å². The number of carbonyl (C=O) groups excluding carboxylic acids is 2. The molecule has 2 atom stereocenters. The third-order valence-corrected chi connectivity index (χ3v) is 5.67. The summed E-state index contributed by atoms with van der Waals surface area (Å²) in [5, 5.41) is 2.78. The average Bonchev–Trinajstić information content (AvgIpc) is 2.93. The maximum Gasteiger partial charge on any atom is 0.391 e. The third-order valence-electron chi connectivity index (χ3n) is 5.67. The molecule has 0 spiro atoms. The number of nitrogens with one attached hydrogen (secondary N) is 1. The van der Waals surface area contributed by atoms with Crippen LogP contribution in [0.2, 0.25) is 0 Å². The lowest BCUT2D eigenvalue weighted by atomic mass is 9.85. The molecule has 1 aliphatic carbocycles. The van der Waals surface area contributed by atoms with Crippen LogP contribution >= 0.6 is 0 Å². The van der Waals surface area contributed by atoms with Crippen LogP contribution in [0.15, 0.2) is 24.5 Å². The molecule has 9 heteroatoms. The summed E-state index contributed by atoms with van der Waals surface area (Å²) in [4.78, 5) is 32.6. The van der Waals surface area contributed by atoms with Crippen molar-refractivity contribution in [1.82, 2.24) is 20.1 Å². The minimum absolute atomic E-state index is 0.0382. The first-order chi connectivity index (χ1) is 13.8. The van der Waals surface area contributed by atoms with Crippen molar-refractivity contribution in [1.29, 1.82) is 0 Å². The van der Waals surface area contributed by atoms with Crippen molar-refractivity contribution in [3.8, 4) is 0 Å². The number of halogens is 3. The van der Waals surface area contributed by atoms with E-state index in [9.17, 15) is 22.8 Å². The van der Waals surface area contributed by atoms with Crippen LogP contribution in [0.25, 0.3) is 0 Å². The van der Waals surface area contributed by atoms with E-state index >= 15 is 0 Å². The summed E-state index contributed by atoms with van der Waals surface area (Å²) in [6.07, 6.45) is 0.875. The lowest BCUT2D eigenvalue weighted by Crippen LogP contribution is -2.46. The van der Waals surface area contributed by atoms with Gasteiger partial charge in [-0.3, -0.25) is 19.5 Å². The fraction of sp³-hybridized carbons (Fsp3) is 0.650. The Hall–Kier alpha value is -2.16. The minimum Gasteiger partial charge on any atom is -0.352 e. The Balaban J connectivity index is 1.46. The smallest absolute Gasteiger partial charge is 0.352 e. The standard InChI is InChI=1S/C20H27F3N4O2/c21-20(22,23)16-3-1-4-17(13-16)25-18(28)14-26-9-2-10-27(12-11-26)19(29)15-5-7-24-8-6-15/h5-8,16-17H,1-4,9-14H2,(H,25,28). The number of nitrogens with zero attached hydrogens (tertiary/aromatic N) is 3. The maximum absolute atomic E-state index is 12.9. The van der Waals surface area contributed by atoms with E-state index in [1.807, 2.05) is 4.90 Å². The topological polar surface area (TPSA) is 65.5 Å². The van der Waals surface area contributed by atoms with Gasteiger partial charge in [-0.25, -0.2) is 0 Å². The maximum atomic E-state index is 12.9. The summed E-state index contributed by atoms with van der Waals surface area (Å²) in [5.41, 5.74) is 0.586. The SMILES string of the molecule is O=C(CN1CCCN(C(=O)c2ccncc2)CC1)NC1CCCC(C(F)(F)F)C1. The fourth-order valence-corrected chi connectivity index (χ4v) is 4.10. The summed E-state index contributed by atoms with van der Waals surface area (Å²) in [6.45, 7) is 2.48. The van der Waals surface area contributed by atoms with Gasteiger partial charge < -0.3 is 10.2 Å². The first kappa shape index (κ1) is 21.5. The molecule has 2 aliphatic rings. The van der Waals surface area contributed by atoms with Crippen molar-refractivity contribution in [2.75, 3.05) is 32.7 Å². The molecule has 3 rings (SSSR count). The molecular weight excluding hydrogens is 385 g/mol. The van der Waals surface area contributed by atoms with Crippen LogP contribution in [0, 0.1) is 5.92 Å². The van der Waals surface area contributed by atoms with Crippen molar-refractivity contribution in [3.63, 3.8) is 0 Å². The first-order valence-electron chi connectivity index (χ1n) is 10.1. The predicted octanol–water partition coefficient (Wildman–Crippen LogP) is 2.47. The Morgan fingerprint density at radius 2 is 1.83 bits per heavy atom. The highest BCUT2D eigenvalue weighted by atomic mass is 19.4. The lowest BCUT2D eigenvalue weighted by molar-refractivity contribution is -0.184. The molecule has 1 saturated carbocycles. The van der Waals surface area contributed by atoms with Gasteiger partial charge in [-0.2, -0.15) is 13.2 Å². The van der Waals surface area contributed by atoms with E-state index in [1.165, 1.54) is 0 Å². The van der Waals surface area contributed by atoms with Gasteiger partial charge in [-0.05, 0) is 37.8 Å². The van der Waals surface area contributed by atoms with Crippen LogP contribution in [0.3, 0.4) is 0 Å². The summed E-state index contributed by atoms with van der Waals surface area (Å²) in [6, 6.07) is 2.94. The largest absolute Gasteiger partial charge is 0.391 e. The fourth-order valence-electron chi connectivity index (χ4n) is 4.10. The van der Waals surface area contributed by atoms with Gasteiger partial charge in [0.2, 0.25) is 5.91 Å². The highest BCUT2D eigenvalue weighted by Gasteiger charge is 2.42. The summed E-state index contributed by atoms with van der Waals surface area (Å²) >= 11 is 0. The molecule has 1 aliphatic heterocycles. The predicted molar refractivity (Wildman–Crippen MR) is 101 cm³/mol. The zero-order valence-corrected chi connectivity index (χ0v) is 16.3. The Bertz CT molecular complexity index is 699. The van der Waals surface area contributed by atoms with Gasteiger partial charge in [0.1, 0.15) is 0 Å². The molecule has 1 saturated heterocycles.